The molecule has 2 aliphatic heterocycles. The summed E-state index contributed by atoms with van der Waals surface area (Å²) in [5, 5.41) is 7.00. The Kier molecular flexibility index (Phi) is 9.21. The van der Waals surface area contributed by atoms with Crippen LogP contribution in [0.3, 0.4) is 0 Å². The lowest BCUT2D eigenvalue weighted by Gasteiger charge is -2.31. The van der Waals surface area contributed by atoms with Gasteiger partial charge in [0.1, 0.15) is 29.2 Å². The number of rotatable bonds is 6. The summed E-state index contributed by atoms with van der Waals surface area (Å²) >= 11 is 0. The number of nitrogens with one attached hydrogen (secondary N) is 1. The molecule has 4 rings (SSSR count). The van der Waals surface area contributed by atoms with Crippen molar-refractivity contribution in [2.75, 3.05) is 13.2 Å². The maximum Gasteiger partial charge on any atom is 0.270 e. The van der Waals surface area contributed by atoms with Crippen LogP contribution in [0, 0.1) is 19.7 Å². The van der Waals surface area contributed by atoms with Gasteiger partial charge in [-0.3, -0.25) is 9.59 Å². The topological polar surface area (TPSA) is 138 Å². The molecular weight excluding hydrogens is 457 g/mol. The van der Waals surface area contributed by atoms with Crippen LogP contribution in [0.25, 0.3) is 0 Å². The van der Waals surface area contributed by atoms with E-state index in [1.807, 2.05) is 0 Å². The molecule has 188 valence electrons. The minimum absolute atomic E-state index is 0.123. The number of nitrogens with two attached hydrogens (primary N) is 1. The monoisotopic (exact) mass is 487 g/mol. The number of oxime groups is 1. The van der Waals surface area contributed by atoms with Crippen LogP contribution < -0.4 is 11.1 Å². The molecule has 1 saturated heterocycles. The Bertz CT molecular complexity index is 1070. The standard InChI is InChI=1S/C23H27FN4O4.CH3NO/c1-4-16-11-31-22(12-30-16)21-9-19(28-32-21)18-8-20(27-14(3)26-18)23(29)25-10-15-5-6-17(24)13(2)7-15;2-1-3/h5-8,16,21-22H,4,9-12H2,1-3H3,(H,25,29);1H,(H2,2,3). The Labute approximate surface area is 203 Å². The van der Waals surface area contributed by atoms with Gasteiger partial charge in [-0.2, -0.15) is 0 Å². The highest BCUT2D eigenvalue weighted by molar-refractivity contribution is 6.02. The fraction of sp³-hybridized carbons (Fsp3) is 0.458. The molecule has 3 N–H and O–H groups in total. The molecule has 1 fully saturated rings. The predicted octanol–water partition coefficient (Wildman–Crippen LogP) is 1.95. The second-order valence-electron chi connectivity index (χ2n) is 8.21. The summed E-state index contributed by atoms with van der Waals surface area (Å²) in [6.07, 6.45) is 1.35. The molecule has 0 saturated carbocycles. The van der Waals surface area contributed by atoms with Gasteiger partial charge in [0.05, 0.1) is 25.0 Å². The summed E-state index contributed by atoms with van der Waals surface area (Å²) in [4.78, 5) is 35.5. The van der Waals surface area contributed by atoms with Crippen molar-refractivity contribution in [2.45, 2.75) is 58.5 Å². The molecule has 0 bridgehead atoms. The van der Waals surface area contributed by atoms with E-state index < -0.39 is 0 Å². The summed E-state index contributed by atoms with van der Waals surface area (Å²) in [5.41, 5.74) is 6.93. The molecule has 3 unspecified atom stereocenters. The first kappa shape index (κ1) is 26.2. The van der Waals surface area contributed by atoms with Gasteiger partial charge >= 0.3 is 0 Å². The van der Waals surface area contributed by atoms with Gasteiger partial charge in [0.2, 0.25) is 6.41 Å². The van der Waals surface area contributed by atoms with Crippen molar-refractivity contribution in [3.63, 3.8) is 0 Å². The molecule has 1 aromatic heterocycles. The zero-order valence-corrected chi connectivity index (χ0v) is 20.0. The number of nitrogens with zero attached hydrogens (tertiary/aromatic N) is 3. The predicted molar refractivity (Wildman–Crippen MR) is 125 cm³/mol. The summed E-state index contributed by atoms with van der Waals surface area (Å²) in [6.45, 7) is 6.74. The van der Waals surface area contributed by atoms with Crippen LogP contribution in [0.4, 0.5) is 4.39 Å². The Morgan fingerprint density at radius 1 is 1.20 bits per heavy atom. The summed E-state index contributed by atoms with van der Waals surface area (Å²) < 4.78 is 25.1. The number of benzene rings is 1. The first-order chi connectivity index (χ1) is 16.8. The zero-order valence-electron chi connectivity index (χ0n) is 20.0. The van der Waals surface area contributed by atoms with E-state index in [-0.39, 0.29) is 48.7 Å². The second-order valence-corrected chi connectivity index (χ2v) is 8.21. The lowest BCUT2D eigenvalue weighted by molar-refractivity contribution is -0.171. The number of hydrogen-bond acceptors (Lipinski definition) is 8. The molecule has 3 heterocycles. The SMILES string of the molecule is CCC1COC(C2CC(c3cc(C(=O)NCc4ccc(F)c(C)c4)nc(C)n3)=NO2)CO1.NC=O. The summed E-state index contributed by atoms with van der Waals surface area (Å²) in [5.74, 6) is -0.159. The smallest absolute Gasteiger partial charge is 0.270 e. The Morgan fingerprint density at radius 3 is 2.63 bits per heavy atom. The number of aryl methyl sites for hydroxylation is 2. The van der Waals surface area contributed by atoms with Gasteiger partial charge in [-0.15, -0.1) is 0 Å². The maximum atomic E-state index is 13.4. The number of primary amides is 1. The largest absolute Gasteiger partial charge is 0.389 e. The third kappa shape index (κ3) is 7.03. The Balaban J connectivity index is 0.00000108. The second kappa shape index (κ2) is 12.3. The van der Waals surface area contributed by atoms with E-state index in [1.54, 1.807) is 32.0 Å². The molecule has 0 aliphatic carbocycles. The first-order valence-corrected chi connectivity index (χ1v) is 11.3. The van der Waals surface area contributed by atoms with Crippen molar-refractivity contribution in [1.29, 1.82) is 0 Å². The van der Waals surface area contributed by atoms with E-state index in [2.05, 4.69) is 33.1 Å². The van der Waals surface area contributed by atoms with Gasteiger partial charge < -0.3 is 25.4 Å². The Hall–Kier alpha value is -3.44. The third-order valence-corrected chi connectivity index (χ3v) is 5.60. The van der Waals surface area contributed by atoms with E-state index >= 15 is 0 Å². The lowest BCUT2D eigenvalue weighted by atomic mass is 10.0. The number of halogens is 1. The van der Waals surface area contributed by atoms with Crippen LogP contribution in [0.1, 0.15) is 52.9 Å². The van der Waals surface area contributed by atoms with Crippen molar-refractivity contribution in [2.24, 2.45) is 10.9 Å². The number of hydrogen-bond donors (Lipinski definition) is 2. The molecule has 35 heavy (non-hydrogen) atoms. The molecule has 1 aromatic carbocycles. The van der Waals surface area contributed by atoms with Gasteiger partial charge in [0.15, 0.2) is 6.10 Å². The van der Waals surface area contributed by atoms with Crippen molar-refractivity contribution in [1.82, 2.24) is 15.3 Å². The van der Waals surface area contributed by atoms with Gasteiger partial charge in [0, 0.05) is 13.0 Å². The van der Waals surface area contributed by atoms with E-state index in [4.69, 9.17) is 19.1 Å². The first-order valence-electron chi connectivity index (χ1n) is 11.3. The van der Waals surface area contributed by atoms with Crippen LogP contribution >= 0.6 is 0 Å². The Morgan fingerprint density at radius 2 is 1.97 bits per heavy atom. The van der Waals surface area contributed by atoms with Crippen LogP contribution in [0.2, 0.25) is 0 Å². The summed E-state index contributed by atoms with van der Waals surface area (Å²) in [6, 6.07) is 6.34. The molecule has 2 aliphatic rings. The molecule has 3 atom stereocenters. The minimum atomic E-state index is -0.343. The van der Waals surface area contributed by atoms with Crippen molar-refractivity contribution < 1.29 is 28.3 Å². The highest BCUT2D eigenvalue weighted by Crippen LogP contribution is 2.23. The zero-order chi connectivity index (χ0) is 25.4. The molecule has 0 radical (unpaired) electrons. The van der Waals surface area contributed by atoms with Gasteiger partial charge in [0.25, 0.3) is 5.91 Å². The quantitative estimate of drug-likeness (QED) is 0.594. The molecule has 11 heteroatoms. The highest BCUT2D eigenvalue weighted by Gasteiger charge is 2.35. The highest BCUT2D eigenvalue weighted by atomic mass is 19.1. The number of carbonyl (C=O) groups excluding carboxylic acids is 2. The van der Waals surface area contributed by atoms with E-state index in [0.717, 1.165) is 12.0 Å². The molecule has 2 amide bonds. The van der Waals surface area contributed by atoms with Crippen molar-refractivity contribution in [3.05, 3.63) is 58.4 Å². The minimum Gasteiger partial charge on any atom is -0.389 e. The fourth-order valence-corrected chi connectivity index (χ4v) is 3.68. The van der Waals surface area contributed by atoms with Crippen LogP contribution in [-0.4, -0.2) is 59.5 Å². The van der Waals surface area contributed by atoms with Gasteiger partial charge in [-0.05, 0) is 43.5 Å². The number of amides is 2. The molecule has 10 nitrogen and oxygen atoms in total. The average molecular weight is 488 g/mol. The number of carbonyl (C=O) groups is 2. The lowest BCUT2D eigenvalue weighted by Crippen LogP contribution is -2.42. The van der Waals surface area contributed by atoms with Crippen LogP contribution in [-0.2, 0) is 25.7 Å². The van der Waals surface area contributed by atoms with Crippen molar-refractivity contribution in [3.8, 4) is 0 Å². The molecular formula is C24H30FN5O5. The third-order valence-electron chi connectivity index (χ3n) is 5.60. The molecule has 0 spiro atoms. The van der Waals surface area contributed by atoms with Gasteiger partial charge in [-0.1, -0.05) is 24.2 Å². The van der Waals surface area contributed by atoms with Crippen LogP contribution in [0.15, 0.2) is 29.4 Å². The van der Waals surface area contributed by atoms with E-state index in [9.17, 15) is 9.18 Å². The van der Waals surface area contributed by atoms with Crippen molar-refractivity contribution >= 4 is 18.0 Å². The normalized spacial score (nSPS) is 21.3. The summed E-state index contributed by atoms with van der Waals surface area (Å²) in [7, 11) is 0. The fourth-order valence-electron chi connectivity index (χ4n) is 3.68. The molecule has 2 aromatic rings. The maximum absolute atomic E-state index is 13.4. The number of ether oxygens (including phenoxy) is 2. The average Bonchev–Trinajstić information content (AvgIpc) is 3.35. The van der Waals surface area contributed by atoms with E-state index in [0.29, 0.717) is 42.4 Å². The van der Waals surface area contributed by atoms with Gasteiger partial charge in [-0.25, -0.2) is 14.4 Å². The van der Waals surface area contributed by atoms with Crippen LogP contribution in [0.5, 0.6) is 0 Å². The van der Waals surface area contributed by atoms with E-state index in [1.165, 1.54) is 6.07 Å². The number of aromatic nitrogens is 2.